The minimum absolute atomic E-state index is 0.0105. The molecule has 0 N–H and O–H groups in total. The zero-order chi connectivity index (χ0) is 25.2. The summed E-state index contributed by atoms with van der Waals surface area (Å²) in [6.45, 7) is 8.13. The first-order valence-corrected chi connectivity index (χ1v) is 13.5. The lowest BCUT2D eigenvalue weighted by Gasteiger charge is -2.36. The summed E-state index contributed by atoms with van der Waals surface area (Å²) in [6, 6.07) is 16.0. The number of thiocarbonyl (C=S) groups is 1. The molecule has 9 heteroatoms. The van der Waals surface area contributed by atoms with Gasteiger partial charge in [-0.3, -0.25) is 23.8 Å². The first kappa shape index (κ1) is 24.7. The van der Waals surface area contributed by atoms with E-state index in [-0.39, 0.29) is 17.5 Å². The van der Waals surface area contributed by atoms with Gasteiger partial charge in [0.25, 0.3) is 11.5 Å². The Hall–Kier alpha value is -3.01. The van der Waals surface area contributed by atoms with Crippen LogP contribution in [0.25, 0.3) is 11.7 Å². The number of nitrogens with zero attached hydrogens (tertiary/aromatic N) is 5. The van der Waals surface area contributed by atoms with Crippen LogP contribution < -0.4 is 10.5 Å². The van der Waals surface area contributed by atoms with Crippen LogP contribution in [0.1, 0.15) is 31.4 Å². The van der Waals surface area contributed by atoms with Crippen LogP contribution in [-0.4, -0.2) is 61.6 Å². The number of rotatable bonds is 6. The highest BCUT2D eigenvalue weighted by Gasteiger charge is 2.35. The number of amides is 1. The molecule has 0 radical (unpaired) electrons. The van der Waals surface area contributed by atoms with Gasteiger partial charge in [-0.25, -0.2) is 4.98 Å². The number of pyridine rings is 1. The van der Waals surface area contributed by atoms with E-state index in [0.29, 0.717) is 26.3 Å². The summed E-state index contributed by atoms with van der Waals surface area (Å²) in [5.74, 6) is 0.481. The molecule has 0 aliphatic carbocycles. The maximum absolute atomic E-state index is 13.6. The second-order valence-corrected chi connectivity index (χ2v) is 10.8. The van der Waals surface area contributed by atoms with Crippen molar-refractivity contribution in [3.8, 4) is 0 Å². The zero-order valence-electron chi connectivity index (χ0n) is 20.5. The molecular formula is C27H29N5O2S2. The van der Waals surface area contributed by atoms with E-state index in [1.165, 1.54) is 21.7 Å². The van der Waals surface area contributed by atoms with Gasteiger partial charge in [-0.2, -0.15) is 0 Å². The van der Waals surface area contributed by atoms with Crippen LogP contribution >= 0.6 is 24.0 Å². The number of thioether (sulfide) groups is 1. The first-order valence-electron chi connectivity index (χ1n) is 12.3. The lowest BCUT2D eigenvalue weighted by atomic mass is 10.1. The molecular weight excluding hydrogens is 490 g/mol. The second kappa shape index (κ2) is 10.5. The van der Waals surface area contributed by atoms with Crippen molar-refractivity contribution in [2.24, 2.45) is 0 Å². The minimum atomic E-state index is -0.184. The molecule has 4 heterocycles. The van der Waals surface area contributed by atoms with Crippen molar-refractivity contribution < 1.29 is 4.79 Å². The molecule has 186 valence electrons. The fourth-order valence-corrected chi connectivity index (χ4v) is 6.04. The highest BCUT2D eigenvalue weighted by atomic mass is 32.2. The molecule has 2 aliphatic heterocycles. The van der Waals surface area contributed by atoms with Gasteiger partial charge in [-0.15, -0.1) is 0 Å². The highest BCUT2D eigenvalue weighted by Crippen LogP contribution is 2.35. The van der Waals surface area contributed by atoms with Crippen LogP contribution in [0.3, 0.4) is 0 Å². The summed E-state index contributed by atoms with van der Waals surface area (Å²) >= 11 is 6.76. The molecule has 2 aliphatic rings. The fraction of sp³-hybridized carbons (Fsp3) is 0.333. The number of carbonyl (C=O) groups is 1. The van der Waals surface area contributed by atoms with Crippen LogP contribution in [0.4, 0.5) is 5.82 Å². The van der Waals surface area contributed by atoms with Gasteiger partial charge >= 0.3 is 0 Å². The van der Waals surface area contributed by atoms with E-state index < -0.39 is 0 Å². The Kier molecular flexibility index (Phi) is 7.22. The third-order valence-corrected chi connectivity index (χ3v) is 8.13. The third-order valence-electron chi connectivity index (χ3n) is 6.80. The van der Waals surface area contributed by atoms with Crippen molar-refractivity contribution in [1.29, 1.82) is 0 Å². The van der Waals surface area contributed by atoms with Crippen molar-refractivity contribution in [3.63, 3.8) is 0 Å². The number of piperazine rings is 1. The van der Waals surface area contributed by atoms with E-state index >= 15 is 0 Å². The van der Waals surface area contributed by atoms with E-state index in [4.69, 9.17) is 17.2 Å². The van der Waals surface area contributed by atoms with Crippen LogP contribution in [0.15, 0.2) is 64.4 Å². The molecule has 2 fully saturated rings. The molecule has 0 saturated carbocycles. The Morgan fingerprint density at radius 3 is 2.50 bits per heavy atom. The van der Waals surface area contributed by atoms with Gasteiger partial charge in [0.05, 0.1) is 10.5 Å². The monoisotopic (exact) mass is 519 g/mol. The van der Waals surface area contributed by atoms with E-state index in [1.807, 2.05) is 38.1 Å². The molecule has 0 unspecified atom stereocenters. The summed E-state index contributed by atoms with van der Waals surface area (Å²) in [4.78, 5) is 38.4. The Morgan fingerprint density at radius 2 is 1.78 bits per heavy atom. The number of carbonyl (C=O) groups excluding carboxylic acids is 1. The number of hydrogen-bond donors (Lipinski definition) is 0. The zero-order valence-corrected chi connectivity index (χ0v) is 22.1. The molecule has 0 bridgehead atoms. The van der Waals surface area contributed by atoms with Crippen molar-refractivity contribution in [1.82, 2.24) is 19.2 Å². The fourth-order valence-electron chi connectivity index (χ4n) is 4.59. The topological polar surface area (TPSA) is 61.2 Å². The second-order valence-electron chi connectivity index (χ2n) is 9.14. The van der Waals surface area contributed by atoms with Gasteiger partial charge in [-0.05, 0) is 37.1 Å². The summed E-state index contributed by atoms with van der Waals surface area (Å²) in [6.07, 6.45) is 4.22. The molecule has 1 atom stereocenters. The molecule has 1 amide bonds. The molecule has 0 spiro atoms. The van der Waals surface area contributed by atoms with Crippen LogP contribution in [0.5, 0.6) is 0 Å². The molecule has 3 aromatic rings. The summed E-state index contributed by atoms with van der Waals surface area (Å²) in [5.41, 5.74) is 2.13. The number of aromatic nitrogens is 2. The van der Waals surface area contributed by atoms with Gasteiger partial charge < -0.3 is 4.90 Å². The van der Waals surface area contributed by atoms with Crippen molar-refractivity contribution in [2.45, 2.75) is 32.9 Å². The SMILES string of the molecule is CC[C@H](C)N1C(=O)/C(=C\c2c(N3CCN(Cc4ccccc4)CC3)nc3ccccn3c2=O)SC1=S. The van der Waals surface area contributed by atoms with E-state index in [0.717, 1.165) is 39.1 Å². The first-order chi connectivity index (χ1) is 17.5. The average molecular weight is 520 g/mol. The normalized spacial score (nSPS) is 19.0. The Bertz CT molecular complexity index is 1380. The maximum Gasteiger partial charge on any atom is 0.267 e. The summed E-state index contributed by atoms with van der Waals surface area (Å²) in [7, 11) is 0. The number of hydrogen-bond acceptors (Lipinski definition) is 7. The van der Waals surface area contributed by atoms with Crippen molar-refractivity contribution in [3.05, 3.63) is 81.1 Å². The van der Waals surface area contributed by atoms with E-state index in [9.17, 15) is 9.59 Å². The van der Waals surface area contributed by atoms with Crippen molar-refractivity contribution >= 4 is 51.7 Å². The minimum Gasteiger partial charge on any atom is -0.353 e. The van der Waals surface area contributed by atoms with Crippen LogP contribution in [-0.2, 0) is 11.3 Å². The number of benzene rings is 1. The lowest BCUT2D eigenvalue weighted by Crippen LogP contribution is -2.47. The van der Waals surface area contributed by atoms with Gasteiger partial charge in [0.2, 0.25) is 0 Å². The quantitative estimate of drug-likeness (QED) is 0.360. The van der Waals surface area contributed by atoms with Gasteiger partial charge in [0.1, 0.15) is 15.8 Å². The Morgan fingerprint density at radius 1 is 1.06 bits per heavy atom. The third kappa shape index (κ3) is 4.83. The number of anilines is 1. The summed E-state index contributed by atoms with van der Waals surface area (Å²) in [5, 5.41) is 0. The maximum atomic E-state index is 13.6. The average Bonchev–Trinajstić information content (AvgIpc) is 3.18. The number of fused-ring (bicyclic) bond motifs is 1. The summed E-state index contributed by atoms with van der Waals surface area (Å²) < 4.78 is 2.07. The van der Waals surface area contributed by atoms with Crippen molar-refractivity contribution in [2.75, 3.05) is 31.1 Å². The van der Waals surface area contributed by atoms with Gasteiger partial charge in [-0.1, -0.05) is 67.3 Å². The highest BCUT2D eigenvalue weighted by molar-refractivity contribution is 8.26. The molecule has 1 aromatic carbocycles. The van der Waals surface area contributed by atoms with Crippen LogP contribution in [0, 0.1) is 0 Å². The molecule has 2 saturated heterocycles. The molecule has 5 rings (SSSR count). The largest absolute Gasteiger partial charge is 0.353 e. The Balaban J connectivity index is 1.47. The Labute approximate surface area is 220 Å². The predicted octanol–water partition coefficient (Wildman–Crippen LogP) is 4.02. The smallest absolute Gasteiger partial charge is 0.267 e. The van der Waals surface area contributed by atoms with Gasteiger partial charge in [0.15, 0.2) is 0 Å². The molecule has 36 heavy (non-hydrogen) atoms. The molecule has 7 nitrogen and oxygen atoms in total. The van der Waals surface area contributed by atoms with Gasteiger partial charge in [0, 0.05) is 45.0 Å². The standard InChI is InChI=1S/C27H29N5O2S2/c1-3-19(2)32-26(34)22(36-27(32)35)17-21-24(28-23-11-7-8-12-31(23)25(21)33)30-15-13-29(14-16-30)18-20-9-5-4-6-10-20/h4-12,17,19H,3,13-16,18H2,1-2H3/b22-17+/t19-/m0/s1. The van der Waals surface area contributed by atoms with Crippen LogP contribution in [0.2, 0.25) is 0 Å². The molecule has 2 aromatic heterocycles. The predicted molar refractivity (Wildman–Crippen MR) is 150 cm³/mol. The van der Waals surface area contributed by atoms with E-state index in [2.05, 4.69) is 34.1 Å². The lowest BCUT2D eigenvalue weighted by molar-refractivity contribution is -0.123. The van der Waals surface area contributed by atoms with E-state index in [1.54, 1.807) is 17.2 Å².